The normalized spacial score (nSPS) is 18.8. The highest BCUT2D eigenvalue weighted by molar-refractivity contribution is 5.95. The topological polar surface area (TPSA) is 94.9 Å². The van der Waals surface area contributed by atoms with E-state index in [1.54, 1.807) is 10.7 Å². The molecule has 0 saturated carbocycles. The lowest BCUT2D eigenvalue weighted by Gasteiger charge is -2.52. The zero-order valence-corrected chi connectivity index (χ0v) is 22.6. The number of hydrogen-bond acceptors (Lipinski definition) is 6. The minimum Gasteiger partial charge on any atom is -0.339 e. The van der Waals surface area contributed by atoms with Gasteiger partial charge in [-0.2, -0.15) is 18.2 Å². The lowest BCUT2D eigenvalue weighted by molar-refractivity contribution is -0.148. The molecule has 2 saturated heterocycles. The summed E-state index contributed by atoms with van der Waals surface area (Å²) in [6.45, 7) is 4.29. The monoisotopic (exact) mass is 567 g/mol. The minimum absolute atomic E-state index is 0.0533. The molecule has 6 rings (SSSR count). The number of amides is 2. The number of anilines is 2. The third kappa shape index (κ3) is 5.92. The maximum Gasteiger partial charge on any atom is 0.389 e. The summed E-state index contributed by atoms with van der Waals surface area (Å²) in [5, 5.41) is 11.1. The van der Waals surface area contributed by atoms with Crippen LogP contribution in [0, 0.1) is 5.41 Å². The molecule has 12 heteroatoms. The van der Waals surface area contributed by atoms with E-state index >= 15 is 0 Å². The molecule has 2 aromatic heterocycles. The van der Waals surface area contributed by atoms with E-state index < -0.39 is 24.9 Å². The van der Waals surface area contributed by atoms with Crippen molar-refractivity contribution in [1.29, 1.82) is 0 Å². The molecule has 0 aliphatic carbocycles. The quantitative estimate of drug-likeness (QED) is 0.463. The zero-order chi connectivity index (χ0) is 28.6. The van der Waals surface area contributed by atoms with Crippen LogP contribution in [0.2, 0.25) is 0 Å². The molecule has 1 aromatic carbocycles. The molecule has 0 atom stereocenters. The number of fused-ring (bicyclic) bond motifs is 1. The molecule has 0 unspecified atom stereocenters. The Morgan fingerprint density at radius 3 is 2.49 bits per heavy atom. The third-order valence-corrected chi connectivity index (χ3v) is 8.28. The van der Waals surface area contributed by atoms with Crippen molar-refractivity contribution in [3.8, 4) is 0 Å². The summed E-state index contributed by atoms with van der Waals surface area (Å²) >= 11 is 0. The lowest BCUT2D eigenvalue weighted by Crippen LogP contribution is -2.61. The van der Waals surface area contributed by atoms with Crippen LogP contribution in [0.25, 0.3) is 11.2 Å². The molecule has 9 nitrogen and oxygen atoms in total. The van der Waals surface area contributed by atoms with E-state index in [4.69, 9.17) is 0 Å². The van der Waals surface area contributed by atoms with E-state index in [0.717, 1.165) is 55.8 Å². The van der Waals surface area contributed by atoms with Gasteiger partial charge >= 0.3 is 6.18 Å². The number of likely N-dealkylation sites (tertiary alicyclic amines) is 1. The van der Waals surface area contributed by atoms with Gasteiger partial charge in [0.15, 0.2) is 5.65 Å². The van der Waals surface area contributed by atoms with Crippen LogP contribution in [0.5, 0.6) is 0 Å². The van der Waals surface area contributed by atoms with Crippen LogP contribution >= 0.6 is 0 Å². The molecule has 1 spiro atoms. The van der Waals surface area contributed by atoms with Gasteiger partial charge in [-0.05, 0) is 74.3 Å². The Balaban J connectivity index is 1.09. The Morgan fingerprint density at radius 1 is 1.05 bits per heavy atom. The number of pyridine rings is 1. The first-order valence-corrected chi connectivity index (χ1v) is 13.9. The Kier molecular flexibility index (Phi) is 7.18. The van der Waals surface area contributed by atoms with Crippen molar-refractivity contribution in [2.45, 2.75) is 38.3 Å². The van der Waals surface area contributed by atoms with Gasteiger partial charge in [0.25, 0.3) is 5.91 Å². The smallest absolute Gasteiger partial charge is 0.339 e. The summed E-state index contributed by atoms with van der Waals surface area (Å²) < 4.78 is 39.1. The number of nitrogens with one attached hydrogen (secondary N) is 2. The van der Waals surface area contributed by atoms with Crippen LogP contribution in [0.1, 0.15) is 48.0 Å². The predicted octanol–water partition coefficient (Wildman–Crippen LogP) is 4.26. The molecular formula is C29H32F3N7O2. The second kappa shape index (κ2) is 10.8. The van der Waals surface area contributed by atoms with Crippen molar-refractivity contribution in [2.75, 3.05) is 44.6 Å². The summed E-state index contributed by atoms with van der Waals surface area (Å²) in [6.07, 6.45) is 0.424. The van der Waals surface area contributed by atoms with Crippen LogP contribution in [-0.2, 0) is 4.79 Å². The summed E-state index contributed by atoms with van der Waals surface area (Å²) in [7, 11) is 0. The zero-order valence-electron chi connectivity index (χ0n) is 22.6. The van der Waals surface area contributed by atoms with E-state index in [1.165, 1.54) is 4.90 Å². The molecule has 2 N–H and O–H groups in total. The van der Waals surface area contributed by atoms with Gasteiger partial charge in [-0.3, -0.25) is 9.59 Å². The van der Waals surface area contributed by atoms with Crippen molar-refractivity contribution in [1.82, 2.24) is 29.7 Å². The number of alkyl halides is 3. The summed E-state index contributed by atoms with van der Waals surface area (Å²) in [4.78, 5) is 33.2. The van der Waals surface area contributed by atoms with E-state index in [0.29, 0.717) is 30.1 Å². The third-order valence-electron chi connectivity index (χ3n) is 8.28. The number of halogens is 3. The van der Waals surface area contributed by atoms with Gasteiger partial charge in [0.1, 0.15) is 0 Å². The summed E-state index contributed by atoms with van der Waals surface area (Å²) in [6, 6.07) is 11.1. The van der Waals surface area contributed by atoms with Crippen LogP contribution in [0.3, 0.4) is 0 Å². The molecule has 5 heterocycles. The Morgan fingerprint density at radius 2 is 1.80 bits per heavy atom. The van der Waals surface area contributed by atoms with Crippen molar-refractivity contribution in [3.05, 3.63) is 59.8 Å². The molecule has 0 radical (unpaired) electrons. The second-order valence-electron chi connectivity index (χ2n) is 11.2. The number of piperidine rings is 1. The Hall–Kier alpha value is -3.93. The van der Waals surface area contributed by atoms with Crippen LogP contribution in [0.4, 0.5) is 24.8 Å². The number of hydrogen-bond donors (Lipinski definition) is 2. The molecule has 3 aliphatic heterocycles. The molecule has 3 aliphatic rings. The van der Waals surface area contributed by atoms with Crippen molar-refractivity contribution < 1.29 is 22.8 Å². The fourth-order valence-electron chi connectivity index (χ4n) is 5.95. The highest BCUT2D eigenvalue weighted by Gasteiger charge is 2.45. The number of rotatable bonds is 6. The number of nitrogens with zero attached hydrogens (tertiary/aromatic N) is 5. The highest BCUT2D eigenvalue weighted by atomic mass is 19.4. The van der Waals surface area contributed by atoms with Gasteiger partial charge in [-0.25, -0.2) is 4.52 Å². The fraction of sp³-hybridized carbons (Fsp3) is 0.448. The molecule has 2 fully saturated rings. The fourth-order valence-corrected chi connectivity index (χ4v) is 5.95. The van der Waals surface area contributed by atoms with Crippen LogP contribution in [-0.4, -0.2) is 81.7 Å². The maximum absolute atomic E-state index is 12.9. The van der Waals surface area contributed by atoms with Crippen molar-refractivity contribution >= 4 is 34.7 Å². The Labute approximate surface area is 235 Å². The maximum atomic E-state index is 12.9. The summed E-state index contributed by atoms with van der Waals surface area (Å²) in [5.74, 6) is -0.0434. The first kappa shape index (κ1) is 27.3. The van der Waals surface area contributed by atoms with Gasteiger partial charge in [-0.15, -0.1) is 5.10 Å². The van der Waals surface area contributed by atoms with Gasteiger partial charge < -0.3 is 20.4 Å². The highest BCUT2D eigenvalue weighted by Crippen LogP contribution is 2.39. The van der Waals surface area contributed by atoms with Crippen molar-refractivity contribution in [2.24, 2.45) is 5.41 Å². The number of carbonyl (C=O) groups is 2. The molecule has 41 heavy (non-hydrogen) atoms. The number of benzene rings is 1. The van der Waals surface area contributed by atoms with E-state index in [2.05, 4.69) is 20.7 Å². The van der Waals surface area contributed by atoms with Crippen LogP contribution in [0.15, 0.2) is 48.7 Å². The van der Waals surface area contributed by atoms with Gasteiger partial charge in [0.2, 0.25) is 11.9 Å². The van der Waals surface area contributed by atoms with Crippen LogP contribution < -0.4 is 10.6 Å². The molecule has 3 aromatic rings. The number of aromatic nitrogens is 3. The SMILES string of the molecule is O=C(CCC(F)(F)F)N1CC=C(c2cccn3nc(Nc4ccc(C(=O)N5CC6(CCNCC6)C5)cc4)nc23)CC1. The van der Waals surface area contributed by atoms with Gasteiger partial charge in [-0.1, -0.05) is 6.08 Å². The Bertz CT molecular complexity index is 1470. The van der Waals surface area contributed by atoms with Gasteiger partial charge in [0, 0.05) is 61.0 Å². The van der Waals surface area contributed by atoms with E-state index in [9.17, 15) is 22.8 Å². The molecular weight excluding hydrogens is 535 g/mol. The first-order valence-electron chi connectivity index (χ1n) is 13.9. The average molecular weight is 568 g/mol. The second-order valence-corrected chi connectivity index (χ2v) is 11.2. The minimum atomic E-state index is -4.34. The van der Waals surface area contributed by atoms with E-state index in [-0.39, 0.29) is 17.9 Å². The predicted molar refractivity (Wildman–Crippen MR) is 148 cm³/mol. The number of carbonyl (C=O) groups excluding carboxylic acids is 2. The molecule has 216 valence electrons. The summed E-state index contributed by atoms with van der Waals surface area (Å²) in [5.41, 5.74) is 4.15. The average Bonchev–Trinajstić information content (AvgIpc) is 3.37. The van der Waals surface area contributed by atoms with Gasteiger partial charge in [0.05, 0.1) is 6.42 Å². The standard InChI is InChI=1S/C29H32F3N7O2/c30-29(31,32)10-7-24(40)37-16-8-20(9-17-37)23-2-1-15-39-25(23)35-27(36-39)34-22-5-3-21(4-6-22)26(41)38-18-28(19-38)11-13-33-14-12-28/h1-6,8,15,33H,7,9-14,16-19H2,(H,34,36). The molecule has 2 amide bonds. The van der Waals surface area contributed by atoms with Crippen molar-refractivity contribution in [3.63, 3.8) is 0 Å². The lowest BCUT2D eigenvalue weighted by atomic mass is 9.72. The van der Waals surface area contributed by atoms with E-state index in [1.807, 2.05) is 47.4 Å². The first-order chi connectivity index (χ1) is 19.7. The largest absolute Gasteiger partial charge is 0.389 e. The molecule has 0 bridgehead atoms.